The van der Waals surface area contributed by atoms with Crippen molar-refractivity contribution in [2.24, 2.45) is 0 Å². The zero-order valence-corrected chi connectivity index (χ0v) is 19.5. The largest absolute Gasteiger partial charge is 0.467 e. The van der Waals surface area contributed by atoms with Crippen molar-refractivity contribution in [1.29, 1.82) is 5.26 Å². The molecule has 0 aliphatic heterocycles. The van der Waals surface area contributed by atoms with E-state index in [0.717, 1.165) is 47.2 Å². The van der Waals surface area contributed by atoms with Crippen LogP contribution in [0.2, 0.25) is 0 Å². The number of unbranched alkanes of at least 4 members (excludes halogenated alkanes) is 1. The van der Waals surface area contributed by atoms with Crippen molar-refractivity contribution in [2.45, 2.75) is 46.5 Å². The second kappa shape index (κ2) is 11.8. The first-order valence-electron chi connectivity index (χ1n) is 11.4. The third kappa shape index (κ3) is 6.39. The van der Waals surface area contributed by atoms with Crippen LogP contribution in [0.25, 0.3) is 11.1 Å². The molecule has 170 valence electrons. The molecule has 0 atom stereocenters. The van der Waals surface area contributed by atoms with Crippen LogP contribution >= 0.6 is 0 Å². The van der Waals surface area contributed by atoms with Gasteiger partial charge in [-0.3, -0.25) is 4.79 Å². The lowest BCUT2D eigenvalue weighted by atomic mass is 9.96. The van der Waals surface area contributed by atoms with Gasteiger partial charge in [-0.25, -0.2) is 4.98 Å². The first-order valence-corrected chi connectivity index (χ1v) is 11.4. The van der Waals surface area contributed by atoms with Crippen molar-refractivity contribution >= 4 is 5.91 Å². The number of hydrogen-bond donors (Lipinski definition) is 1. The lowest BCUT2D eigenvalue weighted by Crippen LogP contribution is -2.29. The highest BCUT2D eigenvalue weighted by molar-refractivity contribution is 5.77. The summed E-state index contributed by atoms with van der Waals surface area (Å²) in [6, 6.07) is 18.0. The molecule has 0 bridgehead atoms. The van der Waals surface area contributed by atoms with Gasteiger partial charge < -0.3 is 10.1 Å². The van der Waals surface area contributed by atoms with E-state index in [1.807, 2.05) is 50.2 Å². The maximum Gasteiger partial charge on any atom is 0.257 e. The van der Waals surface area contributed by atoms with E-state index < -0.39 is 0 Å². The maximum absolute atomic E-state index is 11.9. The van der Waals surface area contributed by atoms with E-state index in [2.05, 4.69) is 35.4 Å². The molecule has 0 spiro atoms. The quantitative estimate of drug-likeness (QED) is 0.489. The Balaban J connectivity index is 1.90. The van der Waals surface area contributed by atoms with E-state index >= 15 is 0 Å². The van der Waals surface area contributed by atoms with Crippen LogP contribution in [0.4, 0.5) is 0 Å². The van der Waals surface area contributed by atoms with Crippen molar-refractivity contribution in [1.82, 2.24) is 15.3 Å². The molecule has 3 aromatic rings. The monoisotopic (exact) mass is 442 g/mol. The zero-order valence-electron chi connectivity index (χ0n) is 19.5. The summed E-state index contributed by atoms with van der Waals surface area (Å²) < 4.78 is 5.85. The molecule has 33 heavy (non-hydrogen) atoms. The summed E-state index contributed by atoms with van der Waals surface area (Å²) in [5.41, 5.74) is 5.54. The SMILES string of the molecule is CCCCc1nc(C)nc(OCC(=O)NCC)c1Cc1ccc(-c2ccccc2C#N)cc1. The number of carbonyl (C=O) groups is 1. The number of benzene rings is 2. The van der Waals surface area contributed by atoms with Gasteiger partial charge in [0.2, 0.25) is 5.88 Å². The third-order valence-corrected chi connectivity index (χ3v) is 5.34. The van der Waals surface area contributed by atoms with Crippen molar-refractivity contribution in [3.8, 4) is 23.1 Å². The average molecular weight is 443 g/mol. The molecule has 0 aliphatic rings. The number of nitrogens with zero attached hydrogens (tertiary/aromatic N) is 3. The van der Waals surface area contributed by atoms with Crippen molar-refractivity contribution < 1.29 is 9.53 Å². The number of nitrogens with one attached hydrogen (secondary N) is 1. The molecule has 6 heteroatoms. The normalized spacial score (nSPS) is 10.5. The molecule has 1 heterocycles. The molecule has 2 aromatic carbocycles. The first kappa shape index (κ1) is 23.9. The molecule has 1 N–H and O–H groups in total. The summed E-state index contributed by atoms with van der Waals surface area (Å²) in [5, 5.41) is 12.1. The standard InChI is InChI=1S/C27H30N4O2/c1-4-6-11-25-24(27(31-19(3)30-25)33-18-26(32)29-5-2)16-20-12-14-21(15-13-20)23-10-8-7-9-22(23)17-28/h7-10,12-15H,4-6,11,16,18H2,1-3H3,(H,29,32). The highest BCUT2D eigenvalue weighted by Gasteiger charge is 2.16. The van der Waals surface area contributed by atoms with Crippen LogP contribution in [0.15, 0.2) is 48.5 Å². The van der Waals surface area contributed by atoms with E-state index in [0.29, 0.717) is 30.2 Å². The van der Waals surface area contributed by atoms with Crippen LogP contribution in [-0.2, 0) is 17.6 Å². The predicted molar refractivity (Wildman–Crippen MR) is 129 cm³/mol. The summed E-state index contributed by atoms with van der Waals surface area (Å²) in [7, 11) is 0. The molecular formula is C27H30N4O2. The Bertz CT molecular complexity index is 1130. The number of nitriles is 1. The minimum absolute atomic E-state index is 0.0750. The third-order valence-electron chi connectivity index (χ3n) is 5.34. The lowest BCUT2D eigenvalue weighted by Gasteiger charge is -2.15. The van der Waals surface area contributed by atoms with E-state index in [1.54, 1.807) is 0 Å². The molecular weight excluding hydrogens is 412 g/mol. The molecule has 0 radical (unpaired) electrons. The van der Waals surface area contributed by atoms with Crippen LogP contribution in [0.5, 0.6) is 5.88 Å². The molecule has 1 amide bonds. The van der Waals surface area contributed by atoms with E-state index in [4.69, 9.17) is 9.72 Å². The number of amides is 1. The first-order chi connectivity index (χ1) is 16.0. The Morgan fingerprint density at radius 1 is 1.09 bits per heavy atom. The number of hydrogen-bond acceptors (Lipinski definition) is 5. The van der Waals surface area contributed by atoms with Gasteiger partial charge in [-0.1, -0.05) is 55.8 Å². The number of ether oxygens (including phenoxy) is 1. The predicted octanol–water partition coefficient (Wildman–Crippen LogP) is 4.77. The summed E-state index contributed by atoms with van der Waals surface area (Å²) in [6.45, 7) is 6.35. The fourth-order valence-corrected chi connectivity index (χ4v) is 3.69. The molecule has 0 fully saturated rings. The lowest BCUT2D eigenvalue weighted by molar-refractivity contribution is -0.123. The van der Waals surface area contributed by atoms with Crippen molar-refractivity contribution in [3.05, 3.63) is 76.7 Å². The number of likely N-dealkylation sites (N-methyl/N-ethyl adjacent to an activating group) is 1. The molecule has 0 unspecified atom stereocenters. The zero-order chi connectivity index (χ0) is 23.6. The van der Waals surface area contributed by atoms with Gasteiger partial charge >= 0.3 is 0 Å². The minimum atomic E-state index is -0.171. The van der Waals surface area contributed by atoms with Gasteiger partial charge in [-0.15, -0.1) is 0 Å². The highest BCUT2D eigenvalue weighted by atomic mass is 16.5. The Kier molecular flexibility index (Phi) is 8.54. The highest BCUT2D eigenvalue weighted by Crippen LogP contribution is 2.27. The summed E-state index contributed by atoms with van der Waals surface area (Å²) in [6.07, 6.45) is 3.51. The molecule has 1 aromatic heterocycles. The summed E-state index contributed by atoms with van der Waals surface area (Å²) >= 11 is 0. The van der Waals surface area contributed by atoms with E-state index in [-0.39, 0.29) is 12.5 Å². The Labute approximate surface area is 195 Å². The molecule has 0 saturated carbocycles. The smallest absolute Gasteiger partial charge is 0.257 e. The van der Waals surface area contributed by atoms with Gasteiger partial charge in [0.1, 0.15) is 5.82 Å². The molecule has 3 rings (SSSR count). The van der Waals surface area contributed by atoms with E-state index in [9.17, 15) is 10.1 Å². The van der Waals surface area contributed by atoms with Gasteiger partial charge in [0.05, 0.1) is 17.3 Å². The maximum atomic E-state index is 11.9. The number of aryl methyl sites for hydroxylation is 2. The second-order valence-electron chi connectivity index (χ2n) is 7.88. The minimum Gasteiger partial charge on any atom is -0.467 e. The average Bonchev–Trinajstić information content (AvgIpc) is 2.83. The van der Waals surface area contributed by atoms with Gasteiger partial charge in [-0.2, -0.15) is 10.2 Å². The van der Waals surface area contributed by atoms with Crippen LogP contribution in [0, 0.1) is 18.3 Å². The van der Waals surface area contributed by atoms with Crippen LogP contribution in [-0.4, -0.2) is 29.0 Å². The summed E-state index contributed by atoms with van der Waals surface area (Å²) in [4.78, 5) is 21.1. The number of carbonyl (C=O) groups excluding carboxylic acids is 1. The molecule has 0 saturated heterocycles. The number of aromatic nitrogens is 2. The van der Waals surface area contributed by atoms with Gasteiger partial charge in [0.25, 0.3) is 5.91 Å². The van der Waals surface area contributed by atoms with Crippen molar-refractivity contribution in [2.75, 3.05) is 13.2 Å². The molecule has 6 nitrogen and oxygen atoms in total. The van der Waals surface area contributed by atoms with Crippen LogP contribution in [0.3, 0.4) is 0 Å². The second-order valence-corrected chi connectivity index (χ2v) is 7.88. The van der Waals surface area contributed by atoms with Crippen molar-refractivity contribution in [3.63, 3.8) is 0 Å². The molecule has 0 aliphatic carbocycles. The number of rotatable bonds is 10. The van der Waals surface area contributed by atoms with Gasteiger partial charge in [0.15, 0.2) is 6.61 Å². The Hall–Kier alpha value is -3.72. The van der Waals surface area contributed by atoms with Crippen LogP contribution < -0.4 is 10.1 Å². The topological polar surface area (TPSA) is 87.9 Å². The Morgan fingerprint density at radius 3 is 2.55 bits per heavy atom. The van der Waals surface area contributed by atoms with Gasteiger partial charge in [0, 0.05) is 18.5 Å². The fraction of sp³-hybridized carbons (Fsp3) is 0.333. The van der Waals surface area contributed by atoms with Gasteiger partial charge in [-0.05, 0) is 49.4 Å². The fourth-order valence-electron chi connectivity index (χ4n) is 3.69. The summed E-state index contributed by atoms with van der Waals surface area (Å²) in [5.74, 6) is 0.938. The Morgan fingerprint density at radius 2 is 1.85 bits per heavy atom. The van der Waals surface area contributed by atoms with E-state index in [1.165, 1.54) is 0 Å². The van der Waals surface area contributed by atoms with Crippen LogP contribution in [0.1, 0.15) is 54.9 Å².